The summed E-state index contributed by atoms with van der Waals surface area (Å²) in [6.07, 6.45) is 4.36. The standard InChI is InChI=1S/C15H20FNOS/c16-11-3-4-15-12(9-11)14(6-8-19-15)17-13(5-7-18)10-1-2-10/h3-4,9-10,13-14,17-18H,1-2,5-8H2. The number of fused-ring (bicyclic) bond motifs is 1. The maximum Gasteiger partial charge on any atom is 0.123 e. The Labute approximate surface area is 117 Å². The Bertz CT molecular complexity index is 450. The van der Waals surface area contributed by atoms with E-state index in [-0.39, 0.29) is 18.5 Å². The van der Waals surface area contributed by atoms with Crippen LogP contribution in [0, 0.1) is 11.7 Å². The van der Waals surface area contributed by atoms with E-state index < -0.39 is 0 Å². The molecule has 1 aliphatic carbocycles. The quantitative estimate of drug-likeness (QED) is 0.870. The van der Waals surface area contributed by atoms with Crippen molar-refractivity contribution >= 4 is 11.8 Å². The van der Waals surface area contributed by atoms with E-state index in [0.717, 1.165) is 24.2 Å². The van der Waals surface area contributed by atoms with E-state index in [1.54, 1.807) is 12.1 Å². The molecule has 1 saturated carbocycles. The highest BCUT2D eigenvalue weighted by atomic mass is 32.2. The first-order valence-corrected chi connectivity index (χ1v) is 8.05. The summed E-state index contributed by atoms with van der Waals surface area (Å²) in [6, 6.07) is 5.72. The maximum atomic E-state index is 13.4. The molecule has 2 N–H and O–H groups in total. The molecule has 0 saturated heterocycles. The average molecular weight is 281 g/mol. The fraction of sp³-hybridized carbons (Fsp3) is 0.600. The normalized spacial score (nSPS) is 24.0. The molecular formula is C15H20FNOS. The van der Waals surface area contributed by atoms with Gasteiger partial charge in [0, 0.05) is 23.6 Å². The van der Waals surface area contributed by atoms with Gasteiger partial charge in [-0.15, -0.1) is 11.8 Å². The van der Waals surface area contributed by atoms with Crippen molar-refractivity contribution in [1.29, 1.82) is 0 Å². The van der Waals surface area contributed by atoms with Crippen molar-refractivity contribution < 1.29 is 9.50 Å². The number of thioether (sulfide) groups is 1. The number of rotatable bonds is 5. The summed E-state index contributed by atoms with van der Waals surface area (Å²) in [6.45, 7) is 0.228. The van der Waals surface area contributed by atoms with Crippen molar-refractivity contribution in [2.24, 2.45) is 5.92 Å². The summed E-state index contributed by atoms with van der Waals surface area (Å²) in [5, 5.41) is 12.8. The van der Waals surface area contributed by atoms with Crippen LogP contribution in [-0.2, 0) is 0 Å². The number of aliphatic hydroxyl groups excluding tert-OH is 1. The summed E-state index contributed by atoms with van der Waals surface area (Å²) in [4.78, 5) is 1.20. The van der Waals surface area contributed by atoms with Crippen LogP contribution in [0.4, 0.5) is 4.39 Å². The van der Waals surface area contributed by atoms with E-state index >= 15 is 0 Å². The number of hydrogen-bond donors (Lipinski definition) is 2. The Morgan fingerprint density at radius 1 is 1.37 bits per heavy atom. The maximum absolute atomic E-state index is 13.4. The van der Waals surface area contributed by atoms with Gasteiger partial charge < -0.3 is 10.4 Å². The minimum absolute atomic E-state index is 0.154. The lowest BCUT2D eigenvalue weighted by Crippen LogP contribution is -2.36. The number of halogens is 1. The second-order valence-electron chi connectivity index (χ2n) is 5.49. The molecule has 0 spiro atoms. The number of aliphatic hydroxyl groups is 1. The summed E-state index contributed by atoms with van der Waals surface area (Å²) < 4.78 is 13.4. The van der Waals surface area contributed by atoms with Gasteiger partial charge in [0.15, 0.2) is 0 Å². The largest absolute Gasteiger partial charge is 0.396 e. The Hall–Kier alpha value is -0.580. The Kier molecular flexibility index (Phi) is 4.10. The Morgan fingerprint density at radius 3 is 2.95 bits per heavy atom. The highest BCUT2D eigenvalue weighted by Crippen LogP contribution is 2.40. The van der Waals surface area contributed by atoms with E-state index in [1.165, 1.54) is 17.7 Å². The van der Waals surface area contributed by atoms with Crippen LogP contribution >= 0.6 is 11.8 Å². The SMILES string of the molecule is OCCC(NC1CCSc2ccc(F)cc21)C1CC1. The van der Waals surface area contributed by atoms with Crippen LogP contribution in [0.25, 0.3) is 0 Å². The zero-order valence-electron chi connectivity index (χ0n) is 10.9. The lowest BCUT2D eigenvalue weighted by atomic mass is 10.00. The lowest BCUT2D eigenvalue weighted by Gasteiger charge is -2.30. The van der Waals surface area contributed by atoms with Crippen LogP contribution in [-0.4, -0.2) is 23.5 Å². The van der Waals surface area contributed by atoms with Crippen LogP contribution in [0.3, 0.4) is 0 Å². The van der Waals surface area contributed by atoms with Gasteiger partial charge >= 0.3 is 0 Å². The van der Waals surface area contributed by atoms with Crippen LogP contribution in [0.5, 0.6) is 0 Å². The molecule has 19 heavy (non-hydrogen) atoms. The fourth-order valence-corrected chi connectivity index (χ4v) is 4.00. The second-order valence-corrected chi connectivity index (χ2v) is 6.63. The number of nitrogens with one attached hydrogen (secondary N) is 1. The predicted molar refractivity (Wildman–Crippen MR) is 75.8 cm³/mol. The van der Waals surface area contributed by atoms with Crippen molar-refractivity contribution in [2.75, 3.05) is 12.4 Å². The van der Waals surface area contributed by atoms with Gasteiger partial charge in [-0.05, 0) is 61.1 Å². The summed E-state index contributed by atoms with van der Waals surface area (Å²) in [5.41, 5.74) is 1.10. The third kappa shape index (κ3) is 3.12. The monoisotopic (exact) mass is 281 g/mol. The van der Waals surface area contributed by atoms with Crippen molar-refractivity contribution in [1.82, 2.24) is 5.32 Å². The molecule has 3 rings (SSSR count). The smallest absolute Gasteiger partial charge is 0.123 e. The molecule has 2 nitrogen and oxygen atoms in total. The molecular weight excluding hydrogens is 261 g/mol. The molecule has 104 valence electrons. The van der Waals surface area contributed by atoms with E-state index in [0.29, 0.717) is 12.0 Å². The van der Waals surface area contributed by atoms with Crippen LogP contribution in [0.15, 0.2) is 23.1 Å². The topological polar surface area (TPSA) is 32.3 Å². The average Bonchev–Trinajstić information content (AvgIpc) is 3.23. The first-order chi connectivity index (χ1) is 9.28. The molecule has 0 aromatic heterocycles. The van der Waals surface area contributed by atoms with Crippen LogP contribution in [0.2, 0.25) is 0 Å². The van der Waals surface area contributed by atoms with Crippen molar-refractivity contribution in [3.8, 4) is 0 Å². The fourth-order valence-electron chi connectivity index (χ4n) is 2.89. The summed E-state index contributed by atoms with van der Waals surface area (Å²) in [7, 11) is 0. The first kappa shape index (κ1) is 13.4. The molecule has 0 radical (unpaired) electrons. The van der Waals surface area contributed by atoms with Gasteiger partial charge in [-0.2, -0.15) is 0 Å². The predicted octanol–water partition coefficient (Wildman–Crippen LogP) is 3.11. The zero-order chi connectivity index (χ0) is 13.2. The molecule has 0 amide bonds. The van der Waals surface area contributed by atoms with E-state index in [1.807, 2.05) is 17.8 Å². The molecule has 4 heteroatoms. The molecule has 2 unspecified atom stereocenters. The Balaban J connectivity index is 1.76. The molecule has 1 aromatic rings. The van der Waals surface area contributed by atoms with Gasteiger partial charge in [-0.3, -0.25) is 0 Å². The third-order valence-corrected chi connectivity index (χ3v) is 5.18. The molecule has 0 bridgehead atoms. The second kappa shape index (κ2) is 5.81. The molecule has 1 aliphatic heterocycles. The van der Waals surface area contributed by atoms with Gasteiger partial charge in [-0.1, -0.05) is 0 Å². The molecule has 1 heterocycles. The minimum Gasteiger partial charge on any atom is -0.396 e. The number of hydrogen-bond acceptors (Lipinski definition) is 3. The van der Waals surface area contributed by atoms with Gasteiger partial charge in [0.1, 0.15) is 5.82 Å². The molecule has 1 aromatic carbocycles. The summed E-state index contributed by atoms with van der Waals surface area (Å²) >= 11 is 1.81. The van der Waals surface area contributed by atoms with Gasteiger partial charge in [0.2, 0.25) is 0 Å². The van der Waals surface area contributed by atoms with Crippen LogP contribution < -0.4 is 5.32 Å². The minimum atomic E-state index is -0.154. The molecule has 2 atom stereocenters. The van der Waals surface area contributed by atoms with Gasteiger partial charge in [0.25, 0.3) is 0 Å². The highest BCUT2D eigenvalue weighted by Gasteiger charge is 2.33. The summed E-state index contributed by atoms with van der Waals surface area (Å²) in [5.74, 6) is 1.63. The zero-order valence-corrected chi connectivity index (χ0v) is 11.8. The van der Waals surface area contributed by atoms with Crippen molar-refractivity contribution in [3.05, 3.63) is 29.6 Å². The molecule has 2 aliphatic rings. The van der Waals surface area contributed by atoms with E-state index in [4.69, 9.17) is 0 Å². The van der Waals surface area contributed by atoms with Crippen molar-refractivity contribution in [2.45, 2.75) is 42.7 Å². The van der Waals surface area contributed by atoms with Gasteiger partial charge in [0.05, 0.1) is 0 Å². The van der Waals surface area contributed by atoms with Crippen LogP contribution in [0.1, 0.15) is 37.3 Å². The Morgan fingerprint density at radius 2 is 2.21 bits per heavy atom. The van der Waals surface area contributed by atoms with Crippen molar-refractivity contribution in [3.63, 3.8) is 0 Å². The molecule has 1 fully saturated rings. The van der Waals surface area contributed by atoms with E-state index in [2.05, 4.69) is 5.32 Å². The third-order valence-electron chi connectivity index (χ3n) is 4.06. The number of benzene rings is 1. The highest BCUT2D eigenvalue weighted by molar-refractivity contribution is 7.99. The van der Waals surface area contributed by atoms with Gasteiger partial charge in [-0.25, -0.2) is 4.39 Å². The first-order valence-electron chi connectivity index (χ1n) is 7.07. The van der Waals surface area contributed by atoms with E-state index in [9.17, 15) is 9.50 Å². The lowest BCUT2D eigenvalue weighted by molar-refractivity contribution is 0.246.